The van der Waals surface area contributed by atoms with Gasteiger partial charge in [-0.2, -0.15) is 0 Å². The fourth-order valence-electron chi connectivity index (χ4n) is 3.49. The highest BCUT2D eigenvalue weighted by Gasteiger charge is 2.19. The van der Waals surface area contributed by atoms with Gasteiger partial charge in [-0.15, -0.1) is 0 Å². The number of carbonyl (C=O) groups is 1. The zero-order valence-corrected chi connectivity index (χ0v) is 17.6. The lowest BCUT2D eigenvalue weighted by molar-refractivity contribution is -0.123. The molecule has 0 aliphatic heterocycles. The number of hydrogen-bond acceptors (Lipinski definition) is 2. The van der Waals surface area contributed by atoms with E-state index in [0.717, 1.165) is 33.6 Å². The molecule has 3 aromatic carbocycles. The first kappa shape index (κ1) is 20.7. The number of aryl methyl sites for hydroxylation is 2. The number of benzene rings is 3. The van der Waals surface area contributed by atoms with Crippen LogP contribution in [0, 0.1) is 13.8 Å². The van der Waals surface area contributed by atoms with Crippen molar-refractivity contribution in [3.8, 4) is 5.75 Å². The minimum Gasteiger partial charge on any atom is -0.483 e. The van der Waals surface area contributed by atoms with E-state index in [1.165, 1.54) is 0 Å². The van der Waals surface area contributed by atoms with Crippen LogP contribution in [-0.4, -0.2) is 12.5 Å². The average Bonchev–Trinajstić information content (AvgIpc) is 2.71. The van der Waals surface area contributed by atoms with E-state index in [4.69, 9.17) is 4.74 Å². The van der Waals surface area contributed by atoms with Gasteiger partial charge in [-0.25, -0.2) is 0 Å². The van der Waals surface area contributed by atoms with Gasteiger partial charge < -0.3 is 10.1 Å². The minimum absolute atomic E-state index is 0.0155. The lowest BCUT2D eigenvalue weighted by atomic mass is 9.95. The van der Waals surface area contributed by atoms with Crippen molar-refractivity contribution >= 4 is 5.91 Å². The quantitative estimate of drug-likeness (QED) is 0.564. The number of carbonyl (C=O) groups excluding carboxylic acids is 1. The summed E-state index contributed by atoms with van der Waals surface area (Å²) in [5.74, 6) is 0.971. The van der Waals surface area contributed by atoms with Crippen LogP contribution in [0.2, 0.25) is 0 Å². The van der Waals surface area contributed by atoms with Crippen molar-refractivity contribution < 1.29 is 9.53 Å². The zero-order valence-electron chi connectivity index (χ0n) is 17.6. The van der Waals surface area contributed by atoms with Gasteiger partial charge >= 0.3 is 0 Å². The second-order valence-electron chi connectivity index (χ2n) is 7.75. The molecule has 3 nitrogen and oxygen atoms in total. The molecule has 0 aliphatic carbocycles. The molecular weight excluding hydrogens is 358 g/mol. The summed E-state index contributed by atoms with van der Waals surface area (Å²) in [5, 5.41) is 3.16. The van der Waals surface area contributed by atoms with Gasteiger partial charge in [0.2, 0.25) is 0 Å². The fraction of sp³-hybridized carbons (Fsp3) is 0.269. The predicted octanol–water partition coefficient (Wildman–Crippen LogP) is 5.71. The van der Waals surface area contributed by atoms with E-state index in [0.29, 0.717) is 5.92 Å². The maximum absolute atomic E-state index is 12.8. The molecule has 0 spiro atoms. The van der Waals surface area contributed by atoms with Gasteiger partial charge in [0.15, 0.2) is 6.61 Å². The van der Waals surface area contributed by atoms with Gasteiger partial charge in [0, 0.05) is 0 Å². The lowest BCUT2D eigenvalue weighted by Gasteiger charge is -2.22. The topological polar surface area (TPSA) is 38.3 Å². The largest absolute Gasteiger partial charge is 0.483 e. The number of nitrogens with one attached hydrogen (secondary N) is 1. The highest BCUT2D eigenvalue weighted by Crippen LogP contribution is 2.28. The summed E-state index contributed by atoms with van der Waals surface area (Å²) in [6.07, 6.45) is 0. The molecule has 3 aromatic rings. The van der Waals surface area contributed by atoms with Crippen LogP contribution in [0.3, 0.4) is 0 Å². The van der Waals surface area contributed by atoms with Crippen molar-refractivity contribution in [3.63, 3.8) is 0 Å². The smallest absolute Gasteiger partial charge is 0.258 e. The number of hydrogen-bond donors (Lipinski definition) is 1. The Labute approximate surface area is 173 Å². The van der Waals surface area contributed by atoms with Gasteiger partial charge in [-0.1, -0.05) is 80.6 Å². The lowest BCUT2D eigenvalue weighted by Crippen LogP contribution is -2.33. The van der Waals surface area contributed by atoms with Gasteiger partial charge in [-0.05, 0) is 53.6 Å². The molecule has 3 heteroatoms. The van der Waals surface area contributed by atoms with Crippen molar-refractivity contribution in [2.45, 2.75) is 39.7 Å². The van der Waals surface area contributed by atoms with E-state index in [9.17, 15) is 4.79 Å². The standard InChI is InChI=1S/C26H29NO2/c1-18(2)22-15-14-19(3)16-24(22)29-17-25(28)27-26(21-11-6-5-7-12-21)23-13-9-8-10-20(23)4/h5-16,18,26H,17H2,1-4H3,(H,27,28). The van der Waals surface area contributed by atoms with Crippen molar-refractivity contribution in [2.75, 3.05) is 6.61 Å². The molecule has 3 rings (SSSR count). The molecular formula is C26H29NO2. The minimum atomic E-state index is -0.212. The average molecular weight is 388 g/mol. The highest BCUT2D eigenvalue weighted by molar-refractivity contribution is 5.78. The molecule has 1 amide bonds. The molecule has 0 saturated carbocycles. The summed E-state index contributed by atoms with van der Waals surface area (Å²) in [4.78, 5) is 12.8. The predicted molar refractivity (Wildman–Crippen MR) is 118 cm³/mol. The second kappa shape index (κ2) is 9.42. The van der Waals surface area contributed by atoms with Crippen LogP contribution in [0.15, 0.2) is 72.8 Å². The highest BCUT2D eigenvalue weighted by atomic mass is 16.5. The zero-order chi connectivity index (χ0) is 20.8. The first-order chi connectivity index (χ1) is 14.0. The van der Waals surface area contributed by atoms with E-state index in [1.54, 1.807) is 0 Å². The molecule has 1 atom stereocenters. The van der Waals surface area contributed by atoms with Crippen LogP contribution in [-0.2, 0) is 4.79 Å². The van der Waals surface area contributed by atoms with Gasteiger partial charge in [0.05, 0.1) is 6.04 Å². The Kier molecular flexibility index (Phi) is 6.71. The Hall–Kier alpha value is -3.07. The molecule has 29 heavy (non-hydrogen) atoms. The third-order valence-corrected chi connectivity index (χ3v) is 5.09. The Morgan fingerprint density at radius 2 is 1.59 bits per heavy atom. The van der Waals surface area contributed by atoms with E-state index < -0.39 is 0 Å². The van der Waals surface area contributed by atoms with Crippen molar-refractivity contribution in [3.05, 3.63) is 101 Å². The molecule has 1 unspecified atom stereocenters. The first-order valence-corrected chi connectivity index (χ1v) is 10.1. The number of rotatable bonds is 7. The number of amides is 1. The summed E-state index contributed by atoms with van der Waals surface area (Å²) in [6, 6.07) is 24.1. The Balaban J connectivity index is 1.78. The van der Waals surface area contributed by atoms with Crippen LogP contribution in [0.4, 0.5) is 0 Å². The monoisotopic (exact) mass is 387 g/mol. The molecule has 0 aliphatic rings. The Bertz CT molecular complexity index is 963. The third-order valence-electron chi connectivity index (χ3n) is 5.09. The molecule has 0 bridgehead atoms. The Morgan fingerprint density at radius 1 is 0.897 bits per heavy atom. The molecule has 0 saturated heterocycles. The van der Waals surface area contributed by atoms with Crippen molar-refractivity contribution in [2.24, 2.45) is 0 Å². The fourth-order valence-corrected chi connectivity index (χ4v) is 3.49. The molecule has 0 heterocycles. The van der Waals surface area contributed by atoms with E-state index >= 15 is 0 Å². The van der Waals surface area contributed by atoms with E-state index in [1.807, 2.05) is 55.5 Å². The van der Waals surface area contributed by atoms with Crippen molar-refractivity contribution in [1.29, 1.82) is 0 Å². The van der Waals surface area contributed by atoms with Crippen LogP contribution in [0.5, 0.6) is 5.75 Å². The maximum atomic E-state index is 12.8. The van der Waals surface area contributed by atoms with Crippen LogP contribution >= 0.6 is 0 Å². The van der Waals surface area contributed by atoms with Crippen LogP contribution < -0.4 is 10.1 Å². The van der Waals surface area contributed by atoms with Gasteiger partial charge in [0.1, 0.15) is 5.75 Å². The summed E-state index contributed by atoms with van der Waals surface area (Å²) < 4.78 is 5.93. The summed E-state index contributed by atoms with van der Waals surface area (Å²) in [5.41, 5.74) is 5.51. The van der Waals surface area contributed by atoms with Crippen LogP contribution in [0.1, 0.15) is 53.6 Å². The summed E-state index contributed by atoms with van der Waals surface area (Å²) >= 11 is 0. The van der Waals surface area contributed by atoms with Crippen LogP contribution in [0.25, 0.3) is 0 Å². The van der Waals surface area contributed by atoms with Gasteiger partial charge in [0.25, 0.3) is 5.91 Å². The summed E-state index contributed by atoms with van der Waals surface area (Å²) in [7, 11) is 0. The normalized spacial score (nSPS) is 11.9. The second-order valence-corrected chi connectivity index (χ2v) is 7.75. The van der Waals surface area contributed by atoms with Gasteiger partial charge in [-0.3, -0.25) is 4.79 Å². The van der Waals surface area contributed by atoms with Crippen molar-refractivity contribution in [1.82, 2.24) is 5.32 Å². The molecule has 150 valence electrons. The number of ether oxygens (including phenoxy) is 1. The van der Waals surface area contributed by atoms with E-state index in [2.05, 4.69) is 50.4 Å². The third kappa shape index (κ3) is 5.26. The molecule has 0 radical (unpaired) electrons. The SMILES string of the molecule is Cc1ccc(C(C)C)c(OCC(=O)NC(c2ccccc2)c2ccccc2C)c1. The Morgan fingerprint density at radius 3 is 2.28 bits per heavy atom. The van der Waals surface area contributed by atoms with E-state index in [-0.39, 0.29) is 18.6 Å². The summed E-state index contributed by atoms with van der Waals surface area (Å²) in [6.45, 7) is 8.33. The molecule has 1 N–H and O–H groups in total. The maximum Gasteiger partial charge on any atom is 0.258 e. The first-order valence-electron chi connectivity index (χ1n) is 10.1. The molecule has 0 fully saturated rings. The molecule has 0 aromatic heterocycles.